The Morgan fingerprint density at radius 3 is 2.92 bits per heavy atom. The molecule has 0 saturated heterocycles. The maximum atomic E-state index is 12.5. The van der Waals surface area contributed by atoms with Crippen LogP contribution in [0.3, 0.4) is 0 Å². The number of anilines is 1. The Bertz CT molecular complexity index is 1090. The Kier molecular flexibility index (Phi) is 3.13. The van der Waals surface area contributed by atoms with E-state index in [-0.39, 0.29) is 5.91 Å². The largest absolute Gasteiger partial charge is 0.383 e. The van der Waals surface area contributed by atoms with Gasteiger partial charge in [-0.1, -0.05) is 0 Å². The summed E-state index contributed by atoms with van der Waals surface area (Å²) in [4.78, 5) is 25.3. The van der Waals surface area contributed by atoms with E-state index in [0.29, 0.717) is 22.5 Å². The van der Waals surface area contributed by atoms with Gasteiger partial charge < -0.3 is 5.73 Å². The third-order valence-electron chi connectivity index (χ3n) is 3.84. The van der Waals surface area contributed by atoms with Gasteiger partial charge in [0.15, 0.2) is 5.65 Å². The first-order chi connectivity index (χ1) is 11.6. The van der Waals surface area contributed by atoms with Gasteiger partial charge in [-0.15, -0.1) is 0 Å². The average molecular weight is 318 g/mol. The SMILES string of the molecule is Cc1cc2cc(C(=O)Nn3cnc4cccnc43)ccc2nc1N. The van der Waals surface area contributed by atoms with Gasteiger partial charge in [-0.3, -0.25) is 10.2 Å². The number of carbonyl (C=O) groups is 1. The van der Waals surface area contributed by atoms with Crippen LogP contribution in [0.4, 0.5) is 5.82 Å². The molecule has 4 rings (SSSR count). The number of benzene rings is 1. The summed E-state index contributed by atoms with van der Waals surface area (Å²) < 4.78 is 1.51. The van der Waals surface area contributed by atoms with Crippen molar-refractivity contribution >= 4 is 33.8 Å². The molecule has 0 atom stereocenters. The molecule has 0 aliphatic heterocycles. The second kappa shape index (κ2) is 5.31. The second-order valence-electron chi connectivity index (χ2n) is 5.50. The highest BCUT2D eigenvalue weighted by Crippen LogP contribution is 2.19. The summed E-state index contributed by atoms with van der Waals surface area (Å²) in [5, 5.41) is 0.864. The third kappa shape index (κ3) is 2.32. The lowest BCUT2D eigenvalue weighted by Crippen LogP contribution is -2.22. The van der Waals surface area contributed by atoms with Gasteiger partial charge in [0, 0.05) is 17.1 Å². The first-order valence-corrected chi connectivity index (χ1v) is 7.38. The minimum Gasteiger partial charge on any atom is -0.383 e. The van der Waals surface area contributed by atoms with E-state index in [1.54, 1.807) is 30.5 Å². The minimum atomic E-state index is -0.253. The van der Waals surface area contributed by atoms with Gasteiger partial charge in [0.1, 0.15) is 17.7 Å². The summed E-state index contributed by atoms with van der Waals surface area (Å²) in [5.74, 6) is 0.243. The number of pyridine rings is 2. The Morgan fingerprint density at radius 1 is 1.17 bits per heavy atom. The summed E-state index contributed by atoms with van der Waals surface area (Å²) in [6.45, 7) is 1.89. The molecule has 0 aliphatic rings. The van der Waals surface area contributed by atoms with Crippen molar-refractivity contribution < 1.29 is 4.79 Å². The zero-order valence-electron chi connectivity index (χ0n) is 12.9. The van der Waals surface area contributed by atoms with Crippen LogP contribution in [-0.2, 0) is 0 Å². The molecule has 0 saturated carbocycles. The number of nitrogens with zero attached hydrogens (tertiary/aromatic N) is 4. The topological polar surface area (TPSA) is 98.7 Å². The van der Waals surface area contributed by atoms with Gasteiger partial charge in [0.25, 0.3) is 5.91 Å². The highest BCUT2D eigenvalue weighted by atomic mass is 16.2. The first-order valence-electron chi connectivity index (χ1n) is 7.38. The summed E-state index contributed by atoms with van der Waals surface area (Å²) in [7, 11) is 0. The predicted octanol–water partition coefficient (Wildman–Crippen LogP) is 2.25. The number of aryl methyl sites for hydroxylation is 1. The van der Waals surface area contributed by atoms with Crippen LogP contribution < -0.4 is 11.2 Å². The molecule has 0 unspecified atom stereocenters. The maximum Gasteiger partial charge on any atom is 0.270 e. The fraction of sp³-hybridized carbons (Fsp3) is 0.0588. The molecule has 118 valence electrons. The molecule has 3 N–H and O–H groups in total. The molecular formula is C17H14N6O. The van der Waals surface area contributed by atoms with Crippen molar-refractivity contribution in [3.63, 3.8) is 0 Å². The number of imidazole rings is 1. The Morgan fingerprint density at radius 2 is 2.04 bits per heavy atom. The van der Waals surface area contributed by atoms with Crippen LogP contribution in [0.5, 0.6) is 0 Å². The number of fused-ring (bicyclic) bond motifs is 2. The number of nitrogens with one attached hydrogen (secondary N) is 1. The zero-order valence-corrected chi connectivity index (χ0v) is 12.9. The predicted molar refractivity (Wildman–Crippen MR) is 92.1 cm³/mol. The number of nitrogen functional groups attached to an aromatic ring is 1. The van der Waals surface area contributed by atoms with Crippen molar-refractivity contribution in [1.29, 1.82) is 0 Å². The molecule has 24 heavy (non-hydrogen) atoms. The van der Waals surface area contributed by atoms with Crippen LogP contribution in [0.1, 0.15) is 15.9 Å². The van der Waals surface area contributed by atoms with E-state index in [1.807, 2.05) is 19.1 Å². The molecule has 0 radical (unpaired) electrons. The van der Waals surface area contributed by atoms with Crippen LogP contribution in [0, 0.1) is 6.92 Å². The van der Waals surface area contributed by atoms with Crippen LogP contribution >= 0.6 is 0 Å². The van der Waals surface area contributed by atoms with E-state index in [4.69, 9.17) is 5.73 Å². The molecule has 7 nitrogen and oxygen atoms in total. The van der Waals surface area contributed by atoms with E-state index >= 15 is 0 Å². The zero-order chi connectivity index (χ0) is 16.7. The van der Waals surface area contributed by atoms with Crippen molar-refractivity contribution in [2.75, 3.05) is 11.2 Å². The van der Waals surface area contributed by atoms with Crippen molar-refractivity contribution in [3.05, 3.63) is 60.0 Å². The van der Waals surface area contributed by atoms with Gasteiger partial charge in [0.05, 0.1) is 5.52 Å². The highest BCUT2D eigenvalue weighted by molar-refractivity contribution is 6.03. The third-order valence-corrected chi connectivity index (χ3v) is 3.84. The van der Waals surface area contributed by atoms with Gasteiger partial charge >= 0.3 is 0 Å². The summed E-state index contributed by atoms with van der Waals surface area (Å²) in [6.07, 6.45) is 3.19. The van der Waals surface area contributed by atoms with Crippen molar-refractivity contribution in [2.24, 2.45) is 0 Å². The van der Waals surface area contributed by atoms with Crippen LogP contribution in [0.25, 0.3) is 22.1 Å². The van der Waals surface area contributed by atoms with Gasteiger partial charge in [-0.2, -0.15) is 0 Å². The molecule has 1 aromatic carbocycles. The summed E-state index contributed by atoms with van der Waals surface area (Å²) >= 11 is 0. The van der Waals surface area contributed by atoms with Crippen LogP contribution in [0.2, 0.25) is 0 Å². The van der Waals surface area contributed by atoms with E-state index in [1.165, 1.54) is 11.0 Å². The number of rotatable bonds is 2. The van der Waals surface area contributed by atoms with Crippen molar-refractivity contribution in [3.8, 4) is 0 Å². The molecule has 0 aliphatic carbocycles. The van der Waals surface area contributed by atoms with Crippen LogP contribution in [0.15, 0.2) is 48.9 Å². The minimum absolute atomic E-state index is 0.253. The molecule has 0 spiro atoms. The average Bonchev–Trinajstić information content (AvgIpc) is 2.99. The molecule has 4 aromatic rings. The summed E-state index contributed by atoms with van der Waals surface area (Å²) in [5.41, 5.74) is 12.1. The number of hydrogen-bond donors (Lipinski definition) is 2. The normalized spacial score (nSPS) is 11.0. The number of aromatic nitrogens is 4. The molecule has 1 amide bonds. The smallest absolute Gasteiger partial charge is 0.270 e. The molecule has 3 heterocycles. The molecule has 0 fully saturated rings. The quantitative estimate of drug-likeness (QED) is 0.590. The maximum absolute atomic E-state index is 12.5. The molecule has 7 heteroatoms. The fourth-order valence-electron chi connectivity index (χ4n) is 2.54. The lowest BCUT2D eigenvalue weighted by atomic mass is 10.1. The number of amides is 1. The van der Waals surface area contributed by atoms with Gasteiger partial charge in [-0.25, -0.2) is 19.6 Å². The lowest BCUT2D eigenvalue weighted by molar-refractivity contribution is 0.101. The van der Waals surface area contributed by atoms with Gasteiger partial charge in [-0.05, 0) is 48.9 Å². The van der Waals surface area contributed by atoms with E-state index in [9.17, 15) is 4.79 Å². The van der Waals surface area contributed by atoms with E-state index in [0.717, 1.165) is 16.5 Å². The monoisotopic (exact) mass is 318 g/mol. The Balaban J connectivity index is 1.69. The molecule has 0 bridgehead atoms. The number of hydrogen-bond acceptors (Lipinski definition) is 5. The van der Waals surface area contributed by atoms with Crippen LogP contribution in [-0.4, -0.2) is 25.5 Å². The highest BCUT2D eigenvalue weighted by Gasteiger charge is 2.10. The number of nitrogens with two attached hydrogens (primary N) is 1. The lowest BCUT2D eigenvalue weighted by Gasteiger charge is -2.08. The van der Waals surface area contributed by atoms with Crippen molar-refractivity contribution in [1.82, 2.24) is 19.6 Å². The Labute approximate surface area is 137 Å². The number of carbonyl (C=O) groups excluding carboxylic acids is 1. The summed E-state index contributed by atoms with van der Waals surface area (Å²) in [6, 6.07) is 10.8. The second-order valence-corrected chi connectivity index (χ2v) is 5.50. The van der Waals surface area contributed by atoms with Crippen molar-refractivity contribution in [2.45, 2.75) is 6.92 Å². The van der Waals surface area contributed by atoms with E-state index < -0.39 is 0 Å². The standard InChI is InChI=1S/C17H14N6O/c1-10-7-12-8-11(4-5-13(12)21-15(10)18)17(24)22-23-9-20-14-3-2-6-19-16(14)23/h2-9H,1H3,(H2,18,21)(H,22,24). The fourth-order valence-corrected chi connectivity index (χ4v) is 2.54. The van der Waals surface area contributed by atoms with Gasteiger partial charge in [0.2, 0.25) is 0 Å². The first kappa shape index (κ1) is 14.1. The van der Waals surface area contributed by atoms with E-state index in [2.05, 4.69) is 20.4 Å². The molecular weight excluding hydrogens is 304 g/mol. The molecule has 3 aromatic heterocycles. The Hall–Kier alpha value is -3.48.